The summed E-state index contributed by atoms with van der Waals surface area (Å²) in [6, 6.07) is 0. The Morgan fingerprint density at radius 3 is 2.50 bits per heavy atom. The molecule has 1 atom stereocenters. The third kappa shape index (κ3) is 2.71. The van der Waals surface area contributed by atoms with Gasteiger partial charge in [-0.15, -0.1) is 0 Å². The lowest BCUT2D eigenvalue weighted by Gasteiger charge is -1.86. The van der Waals surface area contributed by atoms with E-state index in [0.29, 0.717) is 4.91 Å². The van der Waals surface area contributed by atoms with E-state index in [1.807, 2.05) is 0 Å². The van der Waals surface area contributed by atoms with Crippen molar-refractivity contribution in [2.45, 2.75) is 6.92 Å². The Morgan fingerprint density at radius 2 is 2.38 bits per heavy atom. The lowest BCUT2D eigenvalue weighted by atomic mass is 10.5. The summed E-state index contributed by atoms with van der Waals surface area (Å²) in [5.74, 6) is 0. The normalized spacial score (nSPS) is 15.5. The van der Waals surface area contributed by atoms with Gasteiger partial charge in [0.15, 0.2) is 11.1 Å². The summed E-state index contributed by atoms with van der Waals surface area (Å²) in [6.07, 6.45) is 2.97. The molecule has 0 fully saturated rings. The maximum Gasteiger partial charge on any atom is 0.181 e. The van der Waals surface area contributed by atoms with Gasteiger partial charge in [-0.05, 0) is 13.0 Å². The van der Waals surface area contributed by atoms with Crippen molar-refractivity contribution >= 4 is 11.1 Å². The van der Waals surface area contributed by atoms with E-state index >= 15 is 0 Å². The van der Waals surface area contributed by atoms with Crippen molar-refractivity contribution in [1.82, 2.24) is 0 Å². The Morgan fingerprint density at radius 1 is 1.88 bits per heavy atom. The molecule has 2 nitrogen and oxygen atoms in total. The molecule has 46 valence electrons. The van der Waals surface area contributed by atoms with Crippen LogP contribution in [0.15, 0.2) is 23.6 Å². The molecule has 8 heavy (non-hydrogen) atoms. The molecule has 1 unspecified atom stereocenters. The summed E-state index contributed by atoms with van der Waals surface area (Å²) in [5, 5.41) is 0. The van der Waals surface area contributed by atoms with Gasteiger partial charge in [0, 0.05) is 4.91 Å². The molecule has 0 saturated heterocycles. The second-order valence-electron chi connectivity index (χ2n) is 1.26. The van der Waals surface area contributed by atoms with Gasteiger partial charge in [-0.25, -0.2) is 4.21 Å². The molecule has 3 heteroatoms. The summed E-state index contributed by atoms with van der Waals surface area (Å²) >= 11 is -1.82. The van der Waals surface area contributed by atoms with Crippen molar-refractivity contribution in [1.29, 1.82) is 0 Å². The van der Waals surface area contributed by atoms with Gasteiger partial charge in [-0.2, -0.15) is 0 Å². The fourth-order valence-corrected chi connectivity index (χ4v) is 0.437. The molecule has 0 amide bonds. The average Bonchev–Trinajstić information content (AvgIpc) is 1.67. The maximum absolute atomic E-state index is 10.1. The van der Waals surface area contributed by atoms with Gasteiger partial charge >= 0.3 is 0 Å². The molecule has 0 aliphatic rings. The predicted octanol–water partition coefficient (Wildman–Crippen LogP) is 1.30. The molecule has 0 aromatic carbocycles. The largest absolute Gasteiger partial charge is 0.302 e. The van der Waals surface area contributed by atoms with Crippen molar-refractivity contribution in [3.63, 3.8) is 0 Å². The lowest BCUT2D eigenvalue weighted by Crippen LogP contribution is -1.84. The Kier molecular flexibility index (Phi) is 3.39. The maximum atomic E-state index is 10.1. The Hall–Kier alpha value is -0.410. The first-order valence-electron chi connectivity index (χ1n) is 2.08. The van der Waals surface area contributed by atoms with E-state index in [9.17, 15) is 4.21 Å². The molecular formula is C5H8O2S. The summed E-state index contributed by atoms with van der Waals surface area (Å²) in [4.78, 5) is 0.417. The second-order valence-corrected chi connectivity index (χ2v) is 2.40. The molecule has 0 heterocycles. The average molecular weight is 132 g/mol. The number of hydrogen-bond donors (Lipinski definition) is 1. The predicted molar refractivity (Wildman–Crippen MR) is 34.7 cm³/mol. The third-order valence-corrected chi connectivity index (χ3v) is 1.31. The molecule has 0 saturated carbocycles. The van der Waals surface area contributed by atoms with Crippen molar-refractivity contribution in [2.75, 3.05) is 0 Å². The van der Waals surface area contributed by atoms with Crippen LogP contribution in [0.25, 0.3) is 0 Å². The van der Waals surface area contributed by atoms with Crippen molar-refractivity contribution in [3.05, 3.63) is 23.6 Å². The minimum atomic E-state index is -1.82. The summed E-state index contributed by atoms with van der Waals surface area (Å²) in [5.41, 5.74) is 0. The van der Waals surface area contributed by atoms with Crippen LogP contribution in [0.2, 0.25) is 0 Å². The van der Waals surface area contributed by atoms with E-state index in [-0.39, 0.29) is 0 Å². The van der Waals surface area contributed by atoms with Crippen LogP contribution < -0.4 is 0 Å². The molecule has 0 aromatic rings. The van der Waals surface area contributed by atoms with Gasteiger partial charge in [0.05, 0.1) is 0 Å². The zero-order valence-electron chi connectivity index (χ0n) is 4.63. The van der Waals surface area contributed by atoms with Crippen LogP contribution in [0.3, 0.4) is 0 Å². The van der Waals surface area contributed by atoms with Crippen LogP contribution >= 0.6 is 0 Å². The first-order valence-corrected chi connectivity index (χ1v) is 3.19. The lowest BCUT2D eigenvalue weighted by molar-refractivity contribution is 0.571. The molecular weight excluding hydrogens is 124 g/mol. The number of allylic oxidation sites excluding steroid dienone is 3. The van der Waals surface area contributed by atoms with E-state index in [2.05, 4.69) is 6.58 Å². The first kappa shape index (κ1) is 7.59. The van der Waals surface area contributed by atoms with E-state index in [1.54, 1.807) is 6.92 Å². The SMILES string of the molecule is C=CC=C(C)S(=O)O. The Bertz CT molecular complexity index is 137. The van der Waals surface area contributed by atoms with Crippen LogP contribution in [0.1, 0.15) is 6.92 Å². The van der Waals surface area contributed by atoms with E-state index in [1.165, 1.54) is 12.2 Å². The number of rotatable bonds is 2. The van der Waals surface area contributed by atoms with Crippen LogP contribution in [0.4, 0.5) is 0 Å². The first-order chi connectivity index (χ1) is 3.68. The number of hydrogen-bond acceptors (Lipinski definition) is 1. The molecule has 0 spiro atoms. The molecule has 0 radical (unpaired) electrons. The Balaban J connectivity index is 3.99. The summed E-state index contributed by atoms with van der Waals surface area (Å²) < 4.78 is 18.4. The van der Waals surface area contributed by atoms with Gasteiger partial charge < -0.3 is 4.55 Å². The standard InChI is InChI=1S/C5H8O2S/c1-3-4-5(2)8(6)7/h3-4H,1H2,2H3,(H,6,7). The highest BCUT2D eigenvalue weighted by Gasteiger charge is 1.90. The zero-order chi connectivity index (χ0) is 6.57. The molecule has 0 rings (SSSR count). The van der Waals surface area contributed by atoms with Gasteiger partial charge in [0.2, 0.25) is 0 Å². The van der Waals surface area contributed by atoms with Gasteiger partial charge in [-0.1, -0.05) is 12.7 Å². The third-order valence-electron chi connectivity index (χ3n) is 0.628. The fourth-order valence-electron chi connectivity index (χ4n) is 0.224. The smallest absolute Gasteiger partial charge is 0.181 e. The van der Waals surface area contributed by atoms with Crippen molar-refractivity contribution in [2.24, 2.45) is 0 Å². The molecule has 0 aromatic heterocycles. The zero-order valence-corrected chi connectivity index (χ0v) is 5.44. The minimum absolute atomic E-state index is 0.417. The summed E-state index contributed by atoms with van der Waals surface area (Å²) in [6.45, 7) is 4.93. The van der Waals surface area contributed by atoms with Gasteiger partial charge in [0.25, 0.3) is 0 Å². The molecule has 0 aliphatic heterocycles. The highest BCUT2D eigenvalue weighted by molar-refractivity contribution is 7.83. The van der Waals surface area contributed by atoms with Crippen LogP contribution in [-0.2, 0) is 11.1 Å². The van der Waals surface area contributed by atoms with Crippen molar-refractivity contribution < 1.29 is 8.76 Å². The molecule has 0 bridgehead atoms. The molecule has 0 aliphatic carbocycles. The van der Waals surface area contributed by atoms with Crippen LogP contribution in [0.5, 0.6) is 0 Å². The van der Waals surface area contributed by atoms with Gasteiger partial charge in [-0.3, -0.25) is 0 Å². The fraction of sp³-hybridized carbons (Fsp3) is 0.200. The highest BCUT2D eigenvalue weighted by atomic mass is 32.2. The molecule has 1 N–H and O–H groups in total. The van der Waals surface area contributed by atoms with Crippen LogP contribution in [-0.4, -0.2) is 8.76 Å². The Labute approximate surface area is 51.2 Å². The summed E-state index contributed by atoms with van der Waals surface area (Å²) in [7, 11) is 0. The van der Waals surface area contributed by atoms with Crippen LogP contribution in [0, 0.1) is 0 Å². The minimum Gasteiger partial charge on any atom is -0.302 e. The van der Waals surface area contributed by atoms with E-state index in [0.717, 1.165) is 0 Å². The monoisotopic (exact) mass is 132 g/mol. The van der Waals surface area contributed by atoms with E-state index in [4.69, 9.17) is 4.55 Å². The highest BCUT2D eigenvalue weighted by Crippen LogP contribution is 1.94. The van der Waals surface area contributed by atoms with Crippen molar-refractivity contribution in [3.8, 4) is 0 Å². The quantitative estimate of drug-likeness (QED) is 0.454. The van der Waals surface area contributed by atoms with E-state index < -0.39 is 11.1 Å². The van der Waals surface area contributed by atoms with Gasteiger partial charge in [0.1, 0.15) is 0 Å². The topological polar surface area (TPSA) is 37.3 Å². The second kappa shape index (κ2) is 3.57.